The molecule has 0 aliphatic carbocycles. The molecule has 4 aliphatic rings. The van der Waals surface area contributed by atoms with Gasteiger partial charge in [0.05, 0.1) is 65.2 Å². The van der Waals surface area contributed by atoms with E-state index in [2.05, 4.69) is 38.3 Å². The van der Waals surface area contributed by atoms with Crippen LogP contribution in [0.15, 0.2) is 24.8 Å². The van der Waals surface area contributed by atoms with Crippen molar-refractivity contribution in [3.8, 4) is 0 Å². The second-order valence-electron chi connectivity index (χ2n) is 16.2. The summed E-state index contributed by atoms with van der Waals surface area (Å²) in [6, 6.07) is 0. The number of nitrogens with one attached hydrogen (secondary N) is 2. The Labute approximate surface area is 377 Å². The Balaban J connectivity index is 0.000000212. The van der Waals surface area contributed by atoms with Crippen molar-refractivity contribution < 1.29 is 63.8 Å². The summed E-state index contributed by atoms with van der Waals surface area (Å²) in [5.41, 5.74) is -0.995. The quantitative estimate of drug-likeness (QED) is 0.0793. The highest BCUT2D eigenvalue weighted by Crippen LogP contribution is 2.30. The molecule has 66 heavy (non-hydrogen) atoms. The number of imidazole rings is 4. The number of hydrogen-bond donors (Lipinski definition) is 2. The Kier molecular flexibility index (Phi) is 17.8. The molecule has 0 saturated carbocycles. The maximum atomic E-state index is 10.4. The molecule has 8 rings (SSSR count). The minimum atomic E-state index is -3.30. The summed E-state index contributed by atoms with van der Waals surface area (Å²) in [6.45, 7) is 18.5. The normalized spacial score (nSPS) is 22.9. The van der Waals surface area contributed by atoms with Crippen LogP contribution in [-0.2, 0) is 60.6 Å². The molecule has 0 spiro atoms. The summed E-state index contributed by atoms with van der Waals surface area (Å²) in [6.07, 6.45) is 7.33. The number of aromatic amines is 2. The van der Waals surface area contributed by atoms with Gasteiger partial charge in [0, 0.05) is 27.7 Å². The van der Waals surface area contributed by atoms with Crippen molar-refractivity contribution in [1.29, 1.82) is 0 Å². The number of aromatic nitrogens is 8. The average molecular weight is 981 g/mol. The molecule has 0 aromatic carbocycles. The van der Waals surface area contributed by atoms with Gasteiger partial charge < -0.3 is 68.5 Å². The van der Waals surface area contributed by atoms with Crippen LogP contribution in [-0.4, -0.2) is 150 Å². The zero-order valence-corrected chi connectivity index (χ0v) is 39.2. The molecule has 4 aliphatic heterocycles. The average Bonchev–Trinajstić information content (AvgIpc) is 4.18. The Bertz CT molecular complexity index is 2380. The van der Waals surface area contributed by atoms with Crippen LogP contribution in [0.25, 0.3) is 0 Å². The van der Waals surface area contributed by atoms with Gasteiger partial charge >= 0.3 is 23.3 Å². The number of nitro groups is 4. The molecule has 368 valence electrons. The molecule has 4 fully saturated rings. The molecule has 0 bridgehead atoms. The maximum Gasteiger partial charge on any atom is 0.381 e. The van der Waals surface area contributed by atoms with E-state index in [-0.39, 0.29) is 58.9 Å². The van der Waals surface area contributed by atoms with Crippen LogP contribution in [0.1, 0.15) is 51.0 Å². The highest BCUT2D eigenvalue weighted by molar-refractivity contribution is 7.86. The Morgan fingerprint density at radius 2 is 0.879 bits per heavy atom. The maximum absolute atomic E-state index is 10.4. The summed E-state index contributed by atoms with van der Waals surface area (Å²) in [5, 5.41) is 40.8. The summed E-state index contributed by atoms with van der Waals surface area (Å²) < 4.78 is 74.4. The van der Waals surface area contributed by atoms with Gasteiger partial charge in [-0.25, -0.2) is 19.9 Å². The van der Waals surface area contributed by atoms with Crippen LogP contribution >= 0.6 is 0 Å². The van der Waals surface area contributed by atoms with Gasteiger partial charge in [-0.05, 0) is 57.4 Å². The van der Waals surface area contributed by atoms with Crippen molar-refractivity contribution in [2.75, 3.05) is 52.2 Å². The minimum Gasteiger partial charge on any atom is -0.368 e. The Hall–Kier alpha value is -5.90. The van der Waals surface area contributed by atoms with Gasteiger partial charge in [0.2, 0.25) is 11.6 Å². The predicted molar refractivity (Wildman–Crippen MR) is 226 cm³/mol. The predicted octanol–water partition coefficient (Wildman–Crippen LogP) is 2.53. The monoisotopic (exact) mass is 980 g/mol. The van der Waals surface area contributed by atoms with E-state index in [4.69, 9.17) is 18.9 Å². The molecule has 4 aromatic rings. The summed E-state index contributed by atoms with van der Waals surface area (Å²) in [5.74, 6) is 2.07. The van der Waals surface area contributed by atoms with Crippen LogP contribution in [0.3, 0.4) is 0 Å². The minimum absolute atomic E-state index is 0.0625. The highest BCUT2D eigenvalue weighted by atomic mass is 32.2. The van der Waals surface area contributed by atoms with E-state index in [0.29, 0.717) is 62.8 Å². The summed E-state index contributed by atoms with van der Waals surface area (Å²) in [4.78, 5) is 58.7. The molecule has 0 amide bonds. The van der Waals surface area contributed by atoms with Crippen molar-refractivity contribution in [3.05, 3.63) is 88.5 Å². The first kappa shape index (κ1) is 54.4. The van der Waals surface area contributed by atoms with Crippen molar-refractivity contribution >= 4 is 43.5 Å². The number of H-pyrrole nitrogens is 2. The fraction of sp³-hybridized carbons (Fsp3) is 0.647. The SMILES string of the molecule is C[C@@]1(COS(C)(=O)=O)CO1.C[C@]1(COS(C)(=O)=O)CO1.Cc1nc([N+](=O)[O-])cn1C[C@@]1(C)CO1.Cc1nc([N+](=O)[O-])cn1C[C@]1(C)CO1.Cc1ncc([N+](=O)[O-])[nH]1.Cc1ncc([N+](=O)[O-])[nH]1. The van der Waals surface area contributed by atoms with Crippen molar-refractivity contribution in [2.24, 2.45) is 0 Å². The van der Waals surface area contributed by atoms with Gasteiger partial charge in [-0.1, -0.05) is 0 Å². The van der Waals surface area contributed by atoms with E-state index in [9.17, 15) is 57.3 Å². The third kappa shape index (κ3) is 20.5. The lowest BCUT2D eigenvalue weighted by molar-refractivity contribution is -0.389. The fourth-order valence-electron chi connectivity index (χ4n) is 4.51. The largest absolute Gasteiger partial charge is 0.381 e. The second-order valence-corrected chi connectivity index (χ2v) is 19.5. The standard InChI is InChI=1S/2C8H11N3O3.2C5H10O4S.2C4H5N3O2/c2*1-6-9-7(11(12)13)3-10(6)4-8(2)5-14-8;2*1-5(3-8-5)4-9-10(2,6)7;2*1-3-5-2-4(6-3)7(8)9/h2*3H,4-5H2,1-2H3;2*3-4H2,1-2H3;2*2H,1H3,(H,5,6)/t2*8-;2*5-;;/m1010../s1. The van der Waals surface area contributed by atoms with Gasteiger partial charge in [0.15, 0.2) is 11.6 Å². The number of epoxide rings is 4. The lowest BCUT2D eigenvalue weighted by atomic mass is 10.2. The topological polar surface area (TPSA) is 402 Å². The van der Waals surface area contributed by atoms with Gasteiger partial charge in [0.1, 0.15) is 47.2 Å². The summed E-state index contributed by atoms with van der Waals surface area (Å²) in [7, 11) is -6.59. The van der Waals surface area contributed by atoms with Crippen molar-refractivity contribution in [3.63, 3.8) is 0 Å². The lowest BCUT2D eigenvalue weighted by Gasteiger charge is -2.04. The second kappa shape index (κ2) is 21.6. The molecular weight excluding hydrogens is 929 g/mol. The first-order valence-electron chi connectivity index (χ1n) is 19.2. The van der Waals surface area contributed by atoms with Gasteiger partial charge in [0.25, 0.3) is 20.2 Å². The van der Waals surface area contributed by atoms with E-state index in [1.807, 2.05) is 13.8 Å². The number of nitrogens with zero attached hydrogens (tertiary/aromatic N) is 10. The van der Waals surface area contributed by atoms with Gasteiger partial charge in [-0.3, -0.25) is 8.37 Å². The molecule has 30 nitrogen and oxygen atoms in total. The number of ether oxygens (including phenoxy) is 4. The summed E-state index contributed by atoms with van der Waals surface area (Å²) >= 11 is 0. The lowest BCUT2D eigenvalue weighted by Crippen LogP contribution is -2.17. The van der Waals surface area contributed by atoms with Crippen LogP contribution in [0.2, 0.25) is 0 Å². The Morgan fingerprint density at radius 1 is 0.591 bits per heavy atom. The van der Waals surface area contributed by atoms with Gasteiger partial charge in [-0.15, -0.1) is 0 Å². The highest BCUT2D eigenvalue weighted by Gasteiger charge is 2.42. The molecule has 4 saturated heterocycles. The van der Waals surface area contributed by atoms with E-state index < -0.39 is 39.9 Å². The number of hydrogen-bond acceptors (Lipinski definition) is 22. The molecule has 0 radical (unpaired) electrons. The Morgan fingerprint density at radius 3 is 1.05 bits per heavy atom. The van der Waals surface area contributed by atoms with Gasteiger partial charge in [-0.2, -0.15) is 16.8 Å². The zero-order chi connectivity index (χ0) is 50.1. The van der Waals surface area contributed by atoms with Crippen LogP contribution in [0, 0.1) is 68.2 Å². The van der Waals surface area contributed by atoms with Crippen LogP contribution < -0.4 is 0 Å². The molecule has 8 heterocycles. The molecule has 2 N–H and O–H groups in total. The first-order chi connectivity index (χ1) is 30.2. The third-order valence-electron chi connectivity index (χ3n) is 8.79. The van der Waals surface area contributed by atoms with E-state index in [1.165, 1.54) is 24.8 Å². The molecular formula is C34H52N12O18S2. The number of rotatable bonds is 14. The molecule has 4 atom stereocenters. The smallest absolute Gasteiger partial charge is 0.368 e. The van der Waals surface area contributed by atoms with Crippen molar-refractivity contribution in [1.82, 2.24) is 39.0 Å². The first-order valence-corrected chi connectivity index (χ1v) is 22.8. The van der Waals surface area contributed by atoms with E-state index in [0.717, 1.165) is 12.5 Å². The number of aryl methyl sites for hydroxylation is 4. The third-order valence-corrected chi connectivity index (χ3v) is 9.88. The van der Waals surface area contributed by atoms with Crippen LogP contribution in [0.5, 0.6) is 0 Å². The zero-order valence-electron chi connectivity index (χ0n) is 37.6. The fourth-order valence-corrected chi connectivity index (χ4v) is 5.43. The molecule has 0 unspecified atom stereocenters. The van der Waals surface area contributed by atoms with E-state index in [1.54, 1.807) is 50.7 Å². The van der Waals surface area contributed by atoms with Crippen molar-refractivity contribution in [2.45, 2.75) is 90.9 Å². The molecule has 32 heteroatoms. The van der Waals surface area contributed by atoms with E-state index >= 15 is 0 Å². The van der Waals surface area contributed by atoms with Crippen LogP contribution in [0.4, 0.5) is 23.3 Å². The molecule has 4 aromatic heterocycles.